The summed E-state index contributed by atoms with van der Waals surface area (Å²) in [6.07, 6.45) is 1.53. The molecule has 0 aromatic rings. The Morgan fingerprint density at radius 1 is 0.923 bits per heavy atom. The summed E-state index contributed by atoms with van der Waals surface area (Å²) in [4.78, 5) is 0. The molecule has 2 unspecified atom stereocenters. The summed E-state index contributed by atoms with van der Waals surface area (Å²) in [5, 5.41) is 0. The summed E-state index contributed by atoms with van der Waals surface area (Å²) in [5.41, 5.74) is 0. The lowest BCUT2D eigenvalue weighted by Gasteiger charge is -2.54. The monoisotopic (exact) mass is 188 g/mol. The molecule has 13 heavy (non-hydrogen) atoms. The van der Waals surface area contributed by atoms with Gasteiger partial charge in [0.1, 0.15) is 0 Å². The minimum absolute atomic E-state index is 0. The van der Waals surface area contributed by atoms with E-state index in [1.54, 1.807) is 0 Å². The number of quaternary nitrogens is 1. The first kappa shape index (κ1) is 15.4. The van der Waals surface area contributed by atoms with Crippen molar-refractivity contribution in [2.75, 3.05) is 27.2 Å². The summed E-state index contributed by atoms with van der Waals surface area (Å²) in [5.74, 6) is 3.17. The maximum Gasteiger partial charge on any atom is 0.0814 e. The number of nitrogens with zero attached hydrogens (tertiary/aromatic N) is 1. The van der Waals surface area contributed by atoms with Gasteiger partial charge >= 0.3 is 0 Å². The Labute approximate surface area is 85.7 Å². The van der Waals surface area contributed by atoms with Crippen molar-refractivity contribution in [3.8, 4) is 0 Å². The Balaban J connectivity index is 0. The van der Waals surface area contributed by atoms with Gasteiger partial charge in [-0.05, 0) is 12.3 Å². The van der Waals surface area contributed by atoms with Crippen molar-refractivity contribution in [1.82, 2.24) is 0 Å². The van der Waals surface area contributed by atoms with Crippen LogP contribution in [0.1, 0.15) is 35.6 Å². The number of fused-ring (bicyclic) bond motifs is 2. The molecule has 3 fully saturated rings. The predicted molar refractivity (Wildman–Crippen MR) is 62.8 cm³/mol. The Kier molecular flexibility index (Phi) is 5.29. The lowest BCUT2D eigenvalue weighted by Crippen LogP contribution is -2.61. The zero-order chi connectivity index (χ0) is 7.35. The van der Waals surface area contributed by atoms with E-state index in [-0.39, 0.29) is 22.3 Å². The van der Waals surface area contributed by atoms with Crippen LogP contribution in [0.5, 0.6) is 0 Å². The van der Waals surface area contributed by atoms with Crippen molar-refractivity contribution >= 4 is 0 Å². The van der Waals surface area contributed by atoms with Gasteiger partial charge in [-0.1, -0.05) is 29.2 Å². The molecule has 1 heteroatoms. The molecule has 2 saturated heterocycles. The molecular weight excluding hydrogens is 158 g/mol. The van der Waals surface area contributed by atoms with E-state index in [1.807, 2.05) is 0 Å². The van der Waals surface area contributed by atoms with Crippen molar-refractivity contribution in [3.63, 3.8) is 0 Å². The van der Waals surface area contributed by atoms with Gasteiger partial charge in [-0.3, -0.25) is 0 Å². The summed E-state index contributed by atoms with van der Waals surface area (Å²) < 4.78 is 1.28. The van der Waals surface area contributed by atoms with Crippen LogP contribution in [0.25, 0.3) is 0 Å². The van der Waals surface area contributed by atoms with E-state index < -0.39 is 0 Å². The molecule has 1 aliphatic carbocycles. The highest BCUT2D eigenvalue weighted by atomic mass is 15.3. The van der Waals surface area contributed by atoms with Gasteiger partial charge in [-0.2, -0.15) is 0 Å². The Morgan fingerprint density at radius 3 is 1.54 bits per heavy atom. The molecular formula is C12H30N+. The topological polar surface area (TPSA) is 0 Å². The summed E-state index contributed by atoms with van der Waals surface area (Å²) in [7, 11) is 4.73. The standard InChI is InChI=1S/C9H18N.3CH4/c1-7-8-4-9(7)6-10(2,3)5-8;;;/h7-9H,4-6H2,1-3H3;3*1H4/q+1;;;. The third-order valence-electron chi connectivity index (χ3n) is 3.55. The second-order valence-electron chi connectivity index (χ2n) is 4.92. The predicted octanol–water partition coefficient (Wildman–Crippen LogP) is 3.26. The molecule has 2 bridgehead atoms. The van der Waals surface area contributed by atoms with Crippen molar-refractivity contribution in [1.29, 1.82) is 0 Å². The number of piperidine rings is 2. The van der Waals surface area contributed by atoms with Crippen molar-refractivity contribution in [2.24, 2.45) is 17.8 Å². The average Bonchev–Trinajstić information content (AvgIpc) is 1.85. The molecule has 1 nitrogen and oxygen atoms in total. The zero-order valence-electron chi connectivity index (χ0n) is 7.30. The second-order valence-corrected chi connectivity index (χ2v) is 4.92. The second kappa shape index (κ2) is 4.45. The zero-order valence-corrected chi connectivity index (χ0v) is 7.30. The van der Waals surface area contributed by atoms with Gasteiger partial charge in [0.05, 0.1) is 27.2 Å². The third-order valence-corrected chi connectivity index (χ3v) is 3.55. The maximum absolute atomic E-state index is 2.43. The van der Waals surface area contributed by atoms with Crippen molar-refractivity contribution < 1.29 is 4.48 Å². The van der Waals surface area contributed by atoms with E-state index >= 15 is 0 Å². The number of hydrogen-bond donors (Lipinski definition) is 0. The van der Waals surface area contributed by atoms with E-state index in [2.05, 4.69) is 21.0 Å². The highest BCUT2D eigenvalue weighted by Crippen LogP contribution is 2.46. The molecule has 0 aromatic heterocycles. The molecule has 82 valence electrons. The maximum atomic E-state index is 2.43. The molecule has 1 saturated carbocycles. The lowest BCUT2D eigenvalue weighted by atomic mass is 9.62. The van der Waals surface area contributed by atoms with Crippen LogP contribution in [0.3, 0.4) is 0 Å². The van der Waals surface area contributed by atoms with Crippen molar-refractivity contribution in [2.45, 2.75) is 35.6 Å². The van der Waals surface area contributed by atoms with E-state index in [4.69, 9.17) is 0 Å². The number of hydrogen-bond acceptors (Lipinski definition) is 0. The minimum atomic E-state index is 0. The highest BCUT2D eigenvalue weighted by Gasteiger charge is 2.48. The van der Waals surface area contributed by atoms with Gasteiger partial charge in [0.25, 0.3) is 0 Å². The van der Waals surface area contributed by atoms with Crippen LogP contribution in [-0.4, -0.2) is 31.7 Å². The van der Waals surface area contributed by atoms with Crippen molar-refractivity contribution in [3.05, 3.63) is 0 Å². The highest BCUT2D eigenvalue weighted by molar-refractivity contribution is 4.89. The molecule has 0 spiro atoms. The lowest BCUT2D eigenvalue weighted by molar-refractivity contribution is -0.911. The Morgan fingerprint density at radius 2 is 1.31 bits per heavy atom. The van der Waals surface area contributed by atoms with E-state index in [0.29, 0.717) is 0 Å². The van der Waals surface area contributed by atoms with Gasteiger partial charge in [0.15, 0.2) is 0 Å². The van der Waals surface area contributed by atoms with Gasteiger partial charge in [-0.25, -0.2) is 0 Å². The SMILES string of the molecule is C.C.C.CC1C2CC1C[N+](C)(C)C2. The quantitative estimate of drug-likeness (QED) is 0.512. The average molecular weight is 188 g/mol. The summed E-state index contributed by atoms with van der Waals surface area (Å²) in [6.45, 7) is 5.29. The molecule has 3 rings (SSSR count). The van der Waals surface area contributed by atoms with E-state index in [0.717, 1.165) is 17.8 Å². The fourth-order valence-corrected chi connectivity index (χ4v) is 2.83. The fourth-order valence-electron chi connectivity index (χ4n) is 2.83. The van der Waals surface area contributed by atoms with Crippen LogP contribution in [0.2, 0.25) is 0 Å². The minimum Gasteiger partial charge on any atom is -0.328 e. The van der Waals surface area contributed by atoms with Gasteiger partial charge in [0, 0.05) is 11.8 Å². The molecule has 3 aliphatic rings. The van der Waals surface area contributed by atoms with Gasteiger partial charge in [0.2, 0.25) is 0 Å². The smallest absolute Gasteiger partial charge is 0.0814 e. The van der Waals surface area contributed by atoms with Crippen LogP contribution in [-0.2, 0) is 0 Å². The number of rotatable bonds is 0. The molecule has 0 aromatic carbocycles. The molecule has 0 N–H and O–H groups in total. The molecule has 2 atom stereocenters. The first-order valence-electron chi connectivity index (χ1n) is 4.40. The van der Waals surface area contributed by atoms with E-state index in [1.165, 1.54) is 24.0 Å². The third kappa shape index (κ3) is 2.46. The fraction of sp³-hybridized carbons (Fsp3) is 1.00. The van der Waals surface area contributed by atoms with Crippen LogP contribution >= 0.6 is 0 Å². The largest absolute Gasteiger partial charge is 0.328 e. The molecule has 0 radical (unpaired) electrons. The van der Waals surface area contributed by atoms with Crippen LogP contribution < -0.4 is 0 Å². The molecule has 2 aliphatic heterocycles. The normalized spacial score (nSPS) is 38.5. The molecule has 0 amide bonds. The first-order valence-corrected chi connectivity index (χ1v) is 4.40. The molecule has 2 heterocycles. The van der Waals surface area contributed by atoms with E-state index in [9.17, 15) is 0 Å². The first-order chi connectivity index (χ1) is 4.58. The van der Waals surface area contributed by atoms with Gasteiger partial charge in [-0.15, -0.1) is 0 Å². The Hall–Kier alpha value is -0.0400. The van der Waals surface area contributed by atoms with Crippen LogP contribution in [0.15, 0.2) is 0 Å². The summed E-state index contributed by atoms with van der Waals surface area (Å²) >= 11 is 0. The van der Waals surface area contributed by atoms with Gasteiger partial charge < -0.3 is 4.48 Å². The van der Waals surface area contributed by atoms with Crippen LogP contribution in [0.4, 0.5) is 0 Å². The summed E-state index contributed by atoms with van der Waals surface area (Å²) in [6, 6.07) is 0. The Bertz CT molecular complexity index is 137. The van der Waals surface area contributed by atoms with Crippen LogP contribution in [0, 0.1) is 17.8 Å².